The Labute approximate surface area is 134 Å². The number of rotatable bonds is 4. The van der Waals surface area contributed by atoms with Crippen molar-refractivity contribution in [3.63, 3.8) is 0 Å². The summed E-state index contributed by atoms with van der Waals surface area (Å²) in [4.78, 5) is 13.8. The summed E-state index contributed by atoms with van der Waals surface area (Å²) in [6.45, 7) is 1.84. The van der Waals surface area contributed by atoms with Gasteiger partial charge in [0.25, 0.3) is 0 Å². The SMILES string of the molecule is CN(Cc1cccc(Cl)c1)C(=O)NCc1nnc2n1CCC2. The number of nitrogens with zero attached hydrogens (tertiary/aromatic N) is 4. The molecular formula is C15H18ClN5O. The molecule has 6 nitrogen and oxygen atoms in total. The fraction of sp³-hybridized carbons (Fsp3) is 0.400. The summed E-state index contributed by atoms with van der Waals surface area (Å²) < 4.78 is 2.08. The Kier molecular flexibility index (Phi) is 4.29. The van der Waals surface area contributed by atoms with Crippen LogP contribution < -0.4 is 5.32 Å². The van der Waals surface area contributed by atoms with Gasteiger partial charge in [0.1, 0.15) is 5.82 Å². The fourth-order valence-electron chi connectivity index (χ4n) is 2.61. The van der Waals surface area contributed by atoms with E-state index in [4.69, 9.17) is 11.6 Å². The summed E-state index contributed by atoms with van der Waals surface area (Å²) in [6.07, 6.45) is 2.07. The van der Waals surface area contributed by atoms with Crippen LogP contribution in [0.2, 0.25) is 5.02 Å². The van der Waals surface area contributed by atoms with E-state index in [-0.39, 0.29) is 6.03 Å². The van der Waals surface area contributed by atoms with Gasteiger partial charge in [0.15, 0.2) is 5.82 Å². The lowest BCUT2D eigenvalue weighted by Gasteiger charge is -2.18. The van der Waals surface area contributed by atoms with E-state index in [2.05, 4.69) is 20.1 Å². The van der Waals surface area contributed by atoms with Crippen LogP contribution in [0.5, 0.6) is 0 Å². The van der Waals surface area contributed by atoms with Crippen LogP contribution in [0.4, 0.5) is 4.79 Å². The number of hydrogen-bond acceptors (Lipinski definition) is 3. The topological polar surface area (TPSA) is 63.1 Å². The first-order chi connectivity index (χ1) is 10.6. The van der Waals surface area contributed by atoms with Gasteiger partial charge in [-0.3, -0.25) is 0 Å². The molecule has 0 atom stereocenters. The molecule has 0 saturated carbocycles. The van der Waals surface area contributed by atoms with Gasteiger partial charge in [-0.15, -0.1) is 10.2 Å². The third-order valence-electron chi connectivity index (χ3n) is 3.74. The lowest BCUT2D eigenvalue weighted by molar-refractivity contribution is 0.206. The summed E-state index contributed by atoms with van der Waals surface area (Å²) in [5.41, 5.74) is 0.994. The number of urea groups is 1. The molecule has 0 spiro atoms. The van der Waals surface area contributed by atoms with Crippen molar-refractivity contribution in [3.8, 4) is 0 Å². The fourth-order valence-corrected chi connectivity index (χ4v) is 2.83. The zero-order chi connectivity index (χ0) is 15.5. The number of fused-ring (bicyclic) bond motifs is 1. The van der Waals surface area contributed by atoms with Gasteiger partial charge >= 0.3 is 6.03 Å². The Hall–Kier alpha value is -2.08. The number of aromatic nitrogens is 3. The van der Waals surface area contributed by atoms with Crippen LogP contribution >= 0.6 is 11.6 Å². The molecule has 2 heterocycles. The van der Waals surface area contributed by atoms with Crippen LogP contribution in [0, 0.1) is 0 Å². The predicted octanol–water partition coefficient (Wildman–Crippen LogP) is 2.22. The molecule has 0 fully saturated rings. The van der Waals surface area contributed by atoms with Crippen molar-refractivity contribution in [1.82, 2.24) is 25.0 Å². The number of aryl methyl sites for hydroxylation is 1. The van der Waals surface area contributed by atoms with Crippen molar-refractivity contribution in [2.45, 2.75) is 32.5 Å². The largest absolute Gasteiger partial charge is 0.331 e. The van der Waals surface area contributed by atoms with Crippen LogP contribution in [0.15, 0.2) is 24.3 Å². The van der Waals surface area contributed by atoms with E-state index in [1.54, 1.807) is 11.9 Å². The average Bonchev–Trinajstić information content (AvgIpc) is 3.08. The lowest BCUT2D eigenvalue weighted by Crippen LogP contribution is -2.36. The molecule has 0 radical (unpaired) electrons. The zero-order valence-electron chi connectivity index (χ0n) is 12.4. The molecule has 1 aromatic carbocycles. The molecule has 0 aliphatic carbocycles. The Bertz CT molecular complexity index is 684. The Morgan fingerprint density at radius 1 is 1.45 bits per heavy atom. The van der Waals surface area contributed by atoms with E-state index in [9.17, 15) is 4.79 Å². The molecule has 1 aliphatic heterocycles. The highest BCUT2D eigenvalue weighted by molar-refractivity contribution is 6.30. The quantitative estimate of drug-likeness (QED) is 0.940. The second-order valence-corrected chi connectivity index (χ2v) is 5.87. The standard InChI is InChI=1S/C15H18ClN5O/c1-20(10-11-4-2-5-12(16)8-11)15(22)17-9-14-19-18-13-6-3-7-21(13)14/h2,4-5,8H,3,6-7,9-10H2,1H3,(H,17,22). The molecule has 7 heteroatoms. The van der Waals surface area contributed by atoms with Gasteiger partial charge in [0.05, 0.1) is 6.54 Å². The summed E-state index contributed by atoms with van der Waals surface area (Å²) in [6, 6.07) is 7.35. The average molecular weight is 320 g/mol. The molecule has 2 aromatic rings. The van der Waals surface area contributed by atoms with Crippen molar-refractivity contribution >= 4 is 17.6 Å². The number of carbonyl (C=O) groups excluding carboxylic acids is 1. The third kappa shape index (κ3) is 3.22. The van der Waals surface area contributed by atoms with Gasteiger partial charge < -0.3 is 14.8 Å². The number of hydrogen-bond donors (Lipinski definition) is 1. The van der Waals surface area contributed by atoms with E-state index in [0.29, 0.717) is 18.1 Å². The first-order valence-electron chi connectivity index (χ1n) is 7.28. The van der Waals surface area contributed by atoms with Crippen LogP contribution in [-0.4, -0.2) is 32.7 Å². The molecule has 116 valence electrons. The number of benzene rings is 1. The predicted molar refractivity (Wildman–Crippen MR) is 83.5 cm³/mol. The molecule has 1 N–H and O–H groups in total. The van der Waals surface area contributed by atoms with E-state index in [1.165, 1.54) is 0 Å². The van der Waals surface area contributed by atoms with E-state index in [0.717, 1.165) is 36.6 Å². The minimum atomic E-state index is -0.143. The highest BCUT2D eigenvalue weighted by Gasteiger charge is 2.18. The molecule has 0 saturated heterocycles. The molecule has 22 heavy (non-hydrogen) atoms. The first kappa shape index (κ1) is 14.8. The molecule has 0 unspecified atom stereocenters. The summed E-state index contributed by atoms with van der Waals surface area (Å²) >= 11 is 5.95. The van der Waals surface area contributed by atoms with Gasteiger partial charge in [0.2, 0.25) is 0 Å². The maximum Gasteiger partial charge on any atom is 0.317 e. The summed E-state index contributed by atoms with van der Waals surface area (Å²) in [5, 5.41) is 11.8. The Balaban J connectivity index is 1.55. The minimum Gasteiger partial charge on any atom is -0.331 e. The normalized spacial score (nSPS) is 13.0. The molecule has 1 aromatic heterocycles. The lowest BCUT2D eigenvalue weighted by atomic mass is 10.2. The smallest absolute Gasteiger partial charge is 0.317 e. The van der Waals surface area contributed by atoms with Crippen molar-refractivity contribution in [2.24, 2.45) is 0 Å². The molecular weight excluding hydrogens is 302 g/mol. The van der Waals surface area contributed by atoms with Crippen molar-refractivity contribution in [1.29, 1.82) is 0 Å². The van der Waals surface area contributed by atoms with Crippen LogP contribution in [-0.2, 0) is 26.1 Å². The Morgan fingerprint density at radius 2 is 2.32 bits per heavy atom. The van der Waals surface area contributed by atoms with E-state index >= 15 is 0 Å². The zero-order valence-corrected chi connectivity index (χ0v) is 13.2. The second-order valence-electron chi connectivity index (χ2n) is 5.43. The van der Waals surface area contributed by atoms with Crippen molar-refractivity contribution in [3.05, 3.63) is 46.5 Å². The number of carbonyl (C=O) groups is 1. The van der Waals surface area contributed by atoms with Crippen molar-refractivity contribution in [2.75, 3.05) is 7.05 Å². The molecule has 1 aliphatic rings. The van der Waals surface area contributed by atoms with Gasteiger partial charge in [0, 0.05) is 31.6 Å². The van der Waals surface area contributed by atoms with Gasteiger partial charge in [-0.2, -0.15) is 0 Å². The summed E-state index contributed by atoms with van der Waals surface area (Å²) in [5.74, 6) is 1.83. The van der Waals surface area contributed by atoms with Crippen LogP contribution in [0.1, 0.15) is 23.6 Å². The number of nitrogens with one attached hydrogen (secondary N) is 1. The third-order valence-corrected chi connectivity index (χ3v) is 3.97. The van der Waals surface area contributed by atoms with Gasteiger partial charge in [-0.25, -0.2) is 4.79 Å². The second kappa shape index (κ2) is 6.36. The molecule has 0 bridgehead atoms. The maximum absolute atomic E-state index is 12.2. The molecule has 3 rings (SSSR count). The maximum atomic E-state index is 12.2. The van der Waals surface area contributed by atoms with Crippen LogP contribution in [0.25, 0.3) is 0 Å². The van der Waals surface area contributed by atoms with Gasteiger partial charge in [-0.05, 0) is 24.1 Å². The summed E-state index contributed by atoms with van der Waals surface area (Å²) in [7, 11) is 1.75. The number of amides is 2. The highest BCUT2D eigenvalue weighted by Crippen LogP contribution is 2.14. The Morgan fingerprint density at radius 3 is 3.14 bits per heavy atom. The first-order valence-corrected chi connectivity index (χ1v) is 7.65. The van der Waals surface area contributed by atoms with Crippen molar-refractivity contribution < 1.29 is 4.79 Å². The monoisotopic (exact) mass is 319 g/mol. The number of halogens is 1. The minimum absolute atomic E-state index is 0.143. The van der Waals surface area contributed by atoms with Gasteiger partial charge in [-0.1, -0.05) is 23.7 Å². The molecule has 2 amide bonds. The van der Waals surface area contributed by atoms with E-state index < -0.39 is 0 Å². The van der Waals surface area contributed by atoms with Crippen LogP contribution in [0.3, 0.4) is 0 Å². The van der Waals surface area contributed by atoms with E-state index in [1.807, 2.05) is 24.3 Å². The highest BCUT2D eigenvalue weighted by atomic mass is 35.5.